The first-order valence-electron chi connectivity index (χ1n) is 6.41. The van der Waals surface area contributed by atoms with Crippen molar-refractivity contribution in [1.82, 2.24) is 9.36 Å². The van der Waals surface area contributed by atoms with Gasteiger partial charge >= 0.3 is 0 Å². The Bertz CT molecular complexity index is 548. The van der Waals surface area contributed by atoms with Crippen LogP contribution in [-0.2, 0) is 4.74 Å². The van der Waals surface area contributed by atoms with E-state index in [-0.39, 0.29) is 6.04 Å². The van der Waals surface area contributed by atoms with Gasteiger partial charge in [0.05, 0.1) is 6.61 Å². The molecule has 0 amide bonds. The molecule has 2 aromatic rings. The molecule has 2 aromatic heterocycles. The molecule has 1 aliphatic carbocycles. The molecule has 1 atom stereocenters. The second-order valence-corrected chi connectivity index (χ2v) is 5.58. The van der Waals surface area contributed by atoms with E-state index < -0.39 is 0 Å². The Kier molecular flexibility index (Phi) is 3.52. The second-order valence-electron chi connectivity index (χ2n) is 4.83. The monoisotopic (exact) mass is 279 g/mol. The predicted molar refractivity (Wildman–Crippen MR) is 73.6 cm³/mol. The average molecular weight is 279 g/mol. The van der Waals surface area contributed by atoms with Crippen LogP contribution >= 0.6 is 11.5 Å². The number of methoxy groups -OCH3 is 1. The topological polar surface area (TPSA) is 60.2 Å². The highest BCUT2D eigenvalue weighted by atomic mass is 32.1. The Hall–Kier alpha value is -1.40. The number of furan rings is 1. The molecule has 0 bridgehead atoms. The van der Waals surface area contributed by atoms with Crippen molar-refractivity contribution in [1.29, 1.82) is 0 Å². The van der Waals surface area contributed by atoms with E-state index in [0.717, 1.165) is 22.5 Å². The van der Waals surface area contributed by atoms with Crippen molar-refractivity contribution in [2.24, 2.45) is 0 Å². The lowest BCUT2D eigenvalue weighted by Crippen LogP contribution is -2.15. The molecule has 0 spiro atoms. The summed E-state index contributed by atoms with van der Waals surface area (Å²) in [4.78, 5) is 4.53. The summed E-state index contributed by atoms with van der Waals surface area (Å²) in [7, 11) is 1.68. The summed E-state index contributed by atoms with van der Waals surface area (Å²) in [6.45, 7) is 2.47. The number of nitrogens with one attached hydrogen (secondary N) is 1. The van der Waals surface area contributed by atoms with Gasteiger partial charge in [-0.2, -0.15) is 4.37 Å². The van der Waals surface area contributed by atoms with Gasteiger partial charge in [0.25, 0.3) is 0 Å². The Morgan fingerprint density at radius 2 is 2.37 bits per heavy atom. The van der Waals surface area contributed by atoms with E-state index in [0.29, 0.717) is 12.5 Å². The van der Waals surface area contributed by atoms with Gasteiger partial charge in [0, 0.05) is 24.6 Å². The summed E-state index contributed by atoms with van der Waals surface area (Å²) < 4.78 is 15.3. The number of rotatable bonds is 6. The summed E-state index contributed by atoms with van der Waals surface area (Å²) in [6.07, 6.45) is 2.43. The van der Waals surface area contributed by atoms with Crippen LogP contribution in [0.1, 0.15) is 42.1 Å². The van der Waals surface area contributed by atoms with Crippen molar-refractivity contribution >= 4 is 16.7 Å². The minimum absolute atomic E-state index is 0.0290. The van der Waals surface area contributed by atoms with Gasteiger partial charge in [-0.1, -0.05) is 0 Å². The zero-order chi connectivity index (χ0) is 13.2. The average Bonchev–Trinajstić information content (AvgIpc) is 2.99. The first-order valence-corrected chi connectivity index (χ1v) is 7.19. The molecule has 0 radical (unpaired) electrons. The maximum Gasteiger partial charge on any atom is 0.203 e. The van der Waals surface area contributed by atoms with Crippen LogP contribution in [0.4, 0.5) is 5.13 Å². The lowest BCUT2D eigenvalue weighted by Gasteiger charge is -2.14. The van der Waals surface area contributed by atoms with Crippen LogP contribution in [-0.4, -0.2) is 23.1 Å². The van der Waals surface area contributed by atoms with Crippen molar-refractivity contribution in [3.63, 3.8) is 0 Å². The van der Waals surface area contributed by atoms with Crippen LogP contribution in [0.3, 0.4) is 0 Å². The molecular formula is C13H17N3O2S. The van der Waals surface area contributed by atoms with Crippen LogP contribution in [0.5, 0.6) is 0 Å². The zero-order valence-corrected chi connectivity index (χ0v) is 11.9. The summed E-state index contributed by atoms with van der Waals surface area (Å²) in [5.74, 6) is 3.31. The third-order valence-corrected chi connectivity index (χ3v) is 3.78. The summed E-state index contributed by atoms with van der Waals surface area (Å²) in [5.41, 5.74) is 0. The molecule has 2 heterocycles. The van der Waals surface area contributed by atoms with Gasteiger partial charge in [0.15, 0.2) is 0 Å². The minimum atomic E-state index is -0.0290. The third-order valence-electron chi connectivity index (χ3n) is 3.12. The molecule has 6 heteroatoms. The fraction of sp³-hybridized carbons (Fsp3) is 0.538. The smallest absolute Gasteiger partial charge is 0.203 e. The van der Waals surface area contributed by atoms with Crippen LogP contribution in [0.2, 0.25) is 0 Å². The number of hydrogen-bond donors (Lipinski definition) is 1. The van der Waals surface area contributed by atoms with Gasteiger partial charge in [-0.15, -0.1) is 0 Å². The Morgan fingerprint density at radius 1 is 1.53 bits per heavy atom. The maximum atomic E-state index is 5.65. The normalized spacial score (nSPS) is 16.5. The van der Waals surface area contributed by atoms with Gasteiger partial charge in [0.1, 0.15) is 23.4 Å². The fourth-order valence-electron chi connectivity index (χ4n) is 1.95. The fourth-order valence-corrected chi connectivity index (χ4v) is 2.65. The number of aromatic nitrogens is 2. The first kappa shape index (κ1) is 12.6. The van der Waals surface area contributed by atoms with Gasteiger partial charge in [-0.25, -0.2) is 4.98 Å². The van der Waals surface area contributed by atoms with Crippen LogP contribution in [0.25, 0.3) is 0 Å². The molecule has 0 aliphatic heterocycles. The van der Waals surface area contributed by atoms with Crippen molar-refractivity contribution in [2.45, 2.75) is 31.7 Å². The molecular weight excluding hydrogens is 262 g/mol. The van der Waals surface area contributed by atoms with Crippen molar-refractivity contribution in [3.05, 3.63) is 29.5 Å². The van der Waals surface area contributed by atoms with Crippen LogP contribution in [0, 0.1) is 6.92 Å². The van der Waals surface area contributed by atoms with Crippen molar-refractivity contribution < 1.29 is 9.15 Å². The SMILES string of the molecule is COC[C@H](Nc1nc(C2CC2)ns1)c1ccc(C)o1. The van der Waals surface area contributed by atoms with Crippen LogP contribution < -0.4 is 5.32 Å². The van der Waals surface area contributed by atoms with E-state index in [4.69, 9.17) is 9.15 Å². The van der Waals surface area contributed by atoms with Crippen molar-refractivity contribution in [2.75, 3.05) is 19.0 Å². The van der Waals surface area contributed by atoms with E-state index >= 15 is 0 Å². The largest absolute Gasteiger partial charge is 0.464 e. The lowest BCUT2D eigenvalue weighted by molar-refractivity contribution is 0.178. The van der Waals surface area contributed by atoms with Crippen molar-refractivity contribution in [3.8, 4) is 0 Å². The number of anilines is 1. The number of nitrogens with zero attached hydrogens (tertiary/aromatic N) is 2. The van der Waals surface area contributed by atoms with E-state index in [1.165, 1.54) is 24.4 Å². The molecule has 0 unspecified atom stereocenters. The third kappa shape index (κ3) is 2.96. The first-order chi connectivity index (χ1) is 9.26. The van der Waals surface area contributed by atoms with E-state index in [1.807, 2.05) is 19.1 Å². The molecule has 0 saturated heterocycles. The lowest BCUT2D eigenvalue weighted by atomic mass is 10.2. The molecule has 0 aromatic carbocycles. The zero-order valence-electron chi connectivity index (χ0n) is 11.0. The predicted octanol–water partition coefficient (Wildman–Crippen LogP) is 3.12. The summed E-state index contributed by atoms with van der Waals surface area (Å²) in [5, 5.41) is 4.17. The molecule has 19 heavy (non-hydrogen) atoms. The maximum absolute atomic E-state index is 5.65. The molecule has 5 nitrogen and oxygen atoms in total. The quantitative estimate of drug-likeness (QED) is 0.880. The Labute approximate surface area is 116 Å². The highest BCUT2D eigenvalue weighted by molar-refractivity contribution is 7.09. The summed E-state index contributed by atoms with van der Waals surface area (Å²) in [6, 6.07) is 3.89. The molecule has 1 N–H and O–H groups in total. The molecule has 1 fully saturated rings. The Morgan fingerprint density at radius 3 is 3.00 bits per heavy atom. The highest BCUT2D eigenvalue weighted by Gasteiger charge is 2.28. The number of ether oxygens (including phenoxy) is 1. The second kappa shape index (κ2) is 5.30. The van der Waals surface area contributed by atoms with Crippen LogP contribution in [0.15, 0.2) is 16.5 Å². The number of hydrogen-bond acceptors (Lipinski definition) is 6. The number of aryl methyl sites for hydroxylation is 1. The molecule has 1 aliphatic rings. The minimum Gasteiger partial charge on any atom is -0.464 e. The Balaban J connectivity index is 1.72. The van der Waals surface area contributed by atoms with Gasteiger partial charge in [-0.05, 0) is 31.9 Å². The van der Waals surface area contributed by atoms with Gasteiger partial charge < -0.3 is 14.5 Å². The summed E-state index contributed by atoms with van der Waals surface area (Å²) >= 11 is 1.40. The van der Waals surface area contributed by atoms with Gasteiger partial charge in [0.2, 0.25) is 5.13 Å². The molecule has 1 saturated carbocycles. The van der Waals surface area contributed by atoms with E-state index in [2.05, 4.69) is 14.7 Å². The van der Waals surface area contributed by atoms with E-state index in [1.54, 1.807) is 7.11 Å². The highest BCUT2D eigenvalue weighted by Crippen LogP contribution is 2.39. The molecule has 102 valence electrons. The van der Waals surface area contributed by atoms with E-state index in [9.17, 15) is 0 Å². The van der Waals surface area contributed by atoms with Gasteiger partial charge in [-0.3, -0.25) is 0 Å². The standard InChI is InChI=1S/C13H17N3O2S/c1-8-3-6-11(18-8)10(7-17-2)14-13-15-12(16-19-13)9-4-5-9/h3,6,9-10H,4-5,7H2,1-2H3,(H,14,15,16)/t10-/m0/s1. The molecule has 3 rings (SSSR count).